The number of ether oxygens (including phenoxy) is 1. The van der Waals surface area contributed by atoms with Crippen LogP contribution in [-0.2, 0) is 32.8 Å². The van der Waals surface area contributed by atoms with E-state index in [2.05, 4.69) is 10.6 Å². The first-order chi connectivity index (χ1) is 18.2. The molecule has 38 heavy (non-hydrogen) atoms. The topological polar surface area (TPSA) is 108 Å². The highest BCUT2D eigenvalue weighted by Crippen LogP contribution is 2.46. The van der Waals surface area contributed by atoms with Gasteiger partial charge in [0.15, 0.2) is 0 Å². The molecule has 200 valence electrons. The van der Waals surface area contributed by atoms with E-state index in [1.807, 2.05) is 13.8 Å². The van der Waals surface area contributed by atoms with Gasteiger partial charge in [0.1, 0.15) is 12.4 Å². The van der Waals surface area contributed by atoms with Crippen LogP contribution in [-0.4, -0.2) is 53.4 Å². The number of nitrogens with one attached hydrogen (secondary N) is 2. The number of imide groups is 1. The van der Waals surface area contributed by atoms with Crippen molar-refractivity contribution < 1.29 is 28.3 Å². The number of carbonyl (C=O) groups is 4. The van der Waals surface area contributed by atoms with Gasteiger partial charge in [0.2, 0.25) is 11.5 Å². The molecule has 2 saturated heterocycles. The first-order valence-electron chi connectivity index (χ1n) is 12.9. The summed E-state index contributed by atoms with van der Waals surface area (Å²) in [5, 5.41) is 5.18. The summed E-state index contributed by atoms with van der Waals surface area (Å²) in [7, 11) is 1.51. The third-order valence-electron chi connectivity index (χ3n) is 7.94. The highest BCUT2D eigenvalue weighted by Gasteiger charge is 2.58. The summed E-state index contributed by atoms with van der Waals surface area (Å²) < 4.78 is 19.5. The number of urea groups is 1. The second-order valence-electron chi connectivity index (χ2n) is 10.1. The van der Waals surface area contributed by atoms with Crippen LogP contribution in [0.1, 0.15) is 61.4 Å². The van der Waals surface area contributed by atoms with E-state index in [0.29, 0.717) is 30.5 Å². The Morgan fingerprint density at radius 1 is 1.16 bits per heavy atom. The number of amides is 5. The fourth-order valence-corrected chi connectivity index (χ4v) is 6.06. The summed E-state index contributed by atoms with van der Waals surface area (Å²) in [5.74, 6) is -1.23. The van der Waals surface area contributed by atoms with Gasteiger partial charge in [-0.15, -0.1) is 0 Å². The van der Waals surface area contributed by atoms with Crippen molar-refractivity contribution in [1.29, 1.82) is 0 Å². The lowest BCUT2D eigenvalue weighted by Gasteiger charge is -2.31. The van der Waals surface area contributed by atoms with Gasteiger partial charge in [-0.2, -0.15) is 0 Å². The van der Waals surface area contributed by atoms with Crippen molar-refractivity contribution in [3.8, 4) is 0 Å². The van der Waals surface area contributed by atoms with Crippen molar-refractivity contribution >= 4 is 29.6 Å². The van der Waals surface area contributed by atoms with E-state index in [1.54, 1.807) is 29.2 Å². The van der Waals surface area contributed by atoms with Crippen LogP contribution in [0.5, 0.6) is 0 Å². The summed E-state index contributed by atoms with van der Waals surface area (Å²) in [6.07, 6.45) is 2.00. The Hall–Kier alpha value is -3.95. The molecule has 9 nitrogen and oxygen atoms in total. The quantitative estimate of drug-likeness (QED) is 0.617. The lowest BCUT2D eigenvalue weighted by Crippen LogP contribution is -2.46. The van der Waals surface area contributed by atoms with Crippen molar-refractivity contribution in [3.05, 3.63) is 64.5 Å². The minimum absolute atomic E-state index is 0.0941. The van der Waals surface area contributed by atoms with Crippen molar-refractivity contribution in [2.45, 2.75) is 63.6 Å². The van der Waals surface area contributed by atoms with Gasteiger partial charge in [0, 0.05) is 30.8 Å². The lowest BCUT2D eigenvalue weighted by molar-refractivity contribution is -0.143. The number of fused-ring (bicyclic) bond motifs is 2. The van der Waals surface area contributed by atoms with Gasteiger partial charge in [0.25, 0.3) is 5.91 Å². The highest BCUT2D eigenvalue weighted by atomic mass is 19.1. The van der Waals surface area contributed by atoms with Gasteiger partial charge in [-0.25, -0.2) is 18.9 Å². The zero-order valence-electron chi connectivity index (χ0n) is 21.7. The largest absolute Gasteiger partial charge is 0.427 e. The summed E-state index contributed by atoms with van der Waals surface area (Å²) in [6.45, 7) is 3.46. The van der Waals surface area contributed by atoms with E-state index in [4.69, 9.17) is 4.74 Å². The molecule has 1 aliphatic carbocycles. The summed E-state index contributed by atoms with van der Waals surface area (Å²) in [6, 6.07) is 9.01. The Bertz CT molecular complexity index is 1330. The molecule has 1 spiro atoms. The second kappa shape index (κ2) is 9.74. The molecule has 0 saturated carbocycles. The first kappa shape index (κ1) is 25.7. The Morgan fingerprint density at radius 2 is 1.95 bits per heavy atom. The van der Waals surface area contributed by atoms with E-state index < -0.39 is 24.1 Å². The lowest BCUT2D eigenvalue weighted by atomic mass is 9.94. The molecule has 2 aromatic rings. The number of nitrogens with zero attached hydrogens (tertiary/aromatic N) is 2. The molecule has 0 radical (unpaired) electrons. The number of aryl methyl sites for hydroxylation is 2. The molecule has 3 aliphatic rings. The maximum Gasteiger partial charge on any atom is 0.418 e. The number of carbonyl (C=O) groups excluding carboxylic acids is 4. The molecule has 2 N–H and O–H groups in total. The molecular weight excluding hydrogens is 491 g/mol. The molecular formula is C28H31FN4O5. The van der Waals surface area contributed by atoms with Crippen LogP contribution in [0.3, 0.4) is 0 Å². The first-order valence-corrected chi connectivity index (χ1v) is 12.9. The molecule has 0 aromatic heterocycles. The normalized spacial score (nSPS) is 24.1. The van der Waals surface area contributed by atoms with Crippen LogP contribution in [0, 0.1) is 5.82 Å². The maximum atomic E-state index is 13.9. The smallest absolute Gasteiger partial charge is 0.418 e. The number of hydrogen-bond donors (Lipinski definition) is 2. The molecule has 2 aromatic carbocycles. The molecule has 10 heteroatoms. The minimum atomic E-state index is -1.47. The molecule has 2 aliphatic heterocycles. The van der Waals surface area contributed by atoms with Crippen molar-refractivity contribution in [2.75, 3.05) is 18.9 Å². The van der Waals surface area contributed by atoms with E-state index in [9.17, 15) is 23.6 Å². The van der Waals surface area contributed by atoms with E-state index in [1.165, 1.54) is 19.2 Å². The van der Waals surface area contributed by atoms with E-state index in [-0.39, 0.29) is 36.3 Å². The number of anilines is 1. The maximum absolute atomic E-state index is 13.9. The Balaban J connectivity index is 1.37. The fourth-order valence-electron chi connectivity index (χ4n) is 6.06. The molecule has 3 atom stereocenters. The number of benzene rings is 2. The Morgan fingerprint density at radius 3 is 2.68 bits per heavy atom. The zero-order chi connectivity index (χ0) is 27.2. The van der Waals surface area contributed by atoms with Crippen molar-refractivity contribution in [2.24, 2.45) is 0 Å². The molecule has 2 heterocycles. The summed E-state index contributed by atoms with van der Waals surface area (Å²) in [4.78, 5) is 54.4. The highest BCUT2D eigenvalue weighted by molar-refractivity contribution is 6.06. The number of rotatable bonds is 5. The third kappa shape index (κ3) is 4.17. The van der Waals surface area contributed by atoms with Crippen LogP contribution >= 0.6 is 0 Å². The van der Waals surface area contributed by atoms with Gasteiger partial charge in [-0.05, 0) is 73.6 Å². The molecule has 0 bridgehead atoms. The number of halogens is 1. The average Bonchev–Trinajstić information content (AvgIpc) is 3.53. The van der Waals surface area contributed by atoms with Gasteiger partial charge in [-0.3, -0.25) is 9.59 Å². The van der Waals surface area contributed by atoms with Crippen LogP contribution < -0.4 is 10.6 Å². The second-order valence-corrected chi connectivity index (χ2v) is 10.1. The Kier molecular flexibility index (Phi) is 6.58. The van der Waals surface area contributed by atoms with Gasteiger partial charge in [-0.1, -0.05) is 19.1 Å². The molecule has 2 fully saturated rings. The zero-order valence-corrected chi connectivity index (χ0v) is 21.7. The summed E-state index contributed by atoms with van der Waals surface area (Å²) >= 11 is 0. The monoisotopic (exact) mass is 522 g/mol. The molecule has 5 amide bonds. The van der Waals surface area contributed by atoms with Crippen molar-refractivity contribution in [3.63, 3.8) is 0 Å². The predicted molar refractivity (Wildman–Crippen MR) is 137 cm³/mol. The number of hydrogen-bond acceptors (Lipinski definition) is 5. The van der Waals surface area contributed by atoms with Crippen LogP contribution in [0.2, 0.25) is 0 Å². The fraction of sp³-hybridized carbons (Fsp3) is 0.429. The van der Waals surface area contributed by atoms with Crippen LogP contribution in [0.4, 0.5) is 19.7 Å². The summed E-state index contributed by atoms with van der Waals surface area (Å²) in [5.41, 5.74) is 2.19. The molecule has 3 unspecified atom stereocenters. The van der Waals surface area contributed by atoms with E-state index in [0.717, 1.165) is 28.0 Å². The van der Waals surface area contributed by atoms with Crippen LogP contribution in [0.25, 0.3) is 0 Å². The van der Waals surface area contributed by atoms with Gasteiger partial charge < -0.3 is 20.3 Å². The van der Waals surface area contributed by atoms with Gasteiger partial charge in [0.05, 0.1) is 6.04 Å². The van der Waals surface area contributed by atoms with Crippen LogP contribution in [0.15, 0.2) is 36.4 Å². The molecule has 5 rings (SSSR count). The number of likely N-dealkylation sites (tertiary alicyclic amines) is 1. The standard InChI is InChI=1S/C28H31FN4O5/c1-4-17-13-19(29)6-8-21(17)23-10-5-16(2)33(23)24(34)15-32-25(35)28(38-27(32)37)12-11-18-14-20(7-9-22(18)28)31-26(36)30-3/h6-9,13-14,16,23H,4-5,10-12,15H2,1-3H3,(H2,30,31,36). The SMILES string of the molecule is CCc1cc(F)ccc1C1CCC(C)N1C(=O)CN1C(=O)OC2(CCc3cc(NC(=O)NC)ccc32)C1=O. The van der Waals surface area contributed by atoms with Crippen molar-refractivity contribution in [1.82, 2.24) is 15.1 Å². The average molecular weight is 523 g/mol. The Labute approximate surface area is 220 Å². The van der Waals surface area contributed by atoms with Gasteiger partial charge >= 0.3 is 12.1 Å². The predicted octanol–water partition coefficient (Wildman–Crippen LogP) is 4.01. The van der Waals surface area contributed by atoms with E-state index >= 15 is 0 Å². The minimum Gasteiger partial charge on any atom is -0.427 e. The third-order valence-corrected chi connectivity index (χ3v) is 7.94.